The first kappa shape index (κ1) is 24.7. The fraction of sp³-hybridized carbons (Fsp3) is 0.462. The molecule has 1 saturated heterocycles. The van der Waals surface area contributed by atoms with Crippen LogP contribution >= 0.6 is 0 Å². The van der Waals surface area contributed by atoms with E-state index in [4.69, 9.17) is 19.9 Å². The number of benzene rings is 2. The maximum Gasteiger partial charge on any atom is 0.202 e. The summed E-state index contributed by atoms with van der Waals surface area (Å²) in [6.07, 6.45) is -4.13. The summed E-state index contributed by atoms with van der Waals surface area (Å²) >= 11 is 0. The minimum Gasteiger partial charge on any atom is -0.507 e. The Balaban J connectivity index is 1.66. The van der Waals surface area contributed by atoms with Crippen LogP contribution in [0, 0.1) is 0 Å². The molecule has 0 bridgehead atoms. The van der Waals surface area contributed by atoms with E-state index in [1.165, 1.54) is 19.2 Å². The molecule has 0 aromatic heterocycles. The Kier molecular flexibility index (Phi) is 6.05. The van der Waals surface area contributed by atoms with Gasteiger partial charge in [-0.3, -0.25) is 9.59 Å². The molecule has 0 amide bonds. The van der Waals surface area contributed by atoms with Gasteiger partial charge in [0.2, 0.25) is 5.78 Å². The van der Waals surface area contributed by atoms with Crippen molar-refractivity contribution in [3.8, 4) is 17.2 Å². The van der Waals surface area contributed by atoms with Gasteiger partial charge in [0.05, 0.1) is 48.2 Å². The average molecular weight is 500 g/mol. The number of nitrogens with two attached hydrogens (primary N) is 1. The van der Waals surface area contributed by atoms with Crippen LogP contribution in [-0.2, 0) is 9.47 Å². The van der Waals surface area contributed by atoms with Crippen molar-refractivity contribution in [2.75, 3.05) is 7.11 Å². The number of fused-ring (bicyclic) bond motifs is 3. The standard InChI is InChI=1S/C26H29NO9/c1-9-13(28)8-15(36-16-7-12(27)22(29)10(2)35-16)19-17(9)24(31)20-21(26(19)33)25(32)18-11(23(20)30)5-4-6-14(18)34-3/h4-6,9-10,12-13,15-16,22,28-29,31,33H,7-8,27H2,1-3H3/t9-,10?,12?,13-,15-,16?,22?/m0/s1. The van der Waals surface area contributed by atoms with Gasteiger partial charge in [-0.25, -0.2) is 0 Å². The summed E-state index contributed by atoms with van der Waals surface area (Å²) < 4.78 is 17.1. The van der Waals surface area contributed by atoms with Gasteiger partial charge in [-0.2, -0.15) is 0 Å². The van der Waals surface area contributed by atoms with Crippen molar-refractivity contribution in [3.63, 3.8) is 0 Å². The van der Waals surface area contributed by atoms with E-state index < -0.39 is 65.7 Å². The maximum atomic E-state index is 13.6. The summed E-state index contributed by atoms with van der Waals surface area (Å²) in [5.41, 5.74) is 5.66. The van der Waals surface area contributed by atoms with Crippen LogP contribution in [-0.4, -0.2) is 69.7 Å². The highest BCUT2D eigenvalue weighted by Gasteiger charge is 2.46. The number of hydrogen-bond donors (Lipinski definition) is 5. The molecule has 192 valence electrons. The van der Waals surface area contributed by atoms with Crippen molar-refractivity contribution in [2.45, 2.75) is 69.4 Å². The number of aromatic hydroxyl groups is 2. The molecule has 0 radical (unpaired) electrons. The van der Waals surface area contributed by atoms with Crippen LogP contribution in [0.1, 0.15) is 81.7 Å². The molecule has 0 saturated carbocycles. The Bertz CT molecular complexity index is 1250. The molecule has 3 aliphatic rings. The van der Waals surface area contributed by atoms with Crippen LogP contribution in [0.3, 0.4) is 0 Å². The third-order valence-corrected chi connectivity index (χ3v) is 7.57. The van der Waals surface area contributed by atoms with Crippen molar-refractivity contribution in [2.24, 2.45) is 5.73 Å². The van der Waals surface area contributed by atoms with Crippen LogP contribution in [0.15, 0.2) is 18.2 Å². The highest BCUT2D eigenvalue weighted by molar-refractivity contribution is 6.31. The van der Waals surface area contributed by atoms with Crippen LogP contribution in [0.2, 0.25) is 0 Å². The second-order valence-corrected chi connectivity index (χ2v) is 9.69. The number of rotatable bonds is 3. The van der Waals surface area contributed by atoms with E-state index in [0.29, 0.717) is 0 Å². The molecule has 2 aromatic carbocycles. The number of ether oxygens (including phenoxy) is 3. The third-order valence-electron chi connectivity index (χ3n) is 7.57. The fourth-order valence-electron chi connectivity index (χ4n) is 5.59. The lowest BCUT2D eigenvalue weighted by Crippen LogP contribution is -2.52. The van der Waals surface area contributed by atoms with Crippen LogP contribution in [0.25, 0.3) is 0 Å². The summed E-state index contributed by atoms with van der Waals surface area (Å²) in [5.74, 6) is -2.77. The van der Waals surface area contributed by atoms with Gasteiger partial charge in [0, 0.05) is 41.5 Å². The lowest BCUT2D eigenvalue weighted by Gasteiger charge is -2.41. The van der Waals surface area contributed by atoms with E-state index in [1.54, 1.807) is 19.9 Å². The number of aliphatic hydroxyl groups excluding tert-OH is 2. The Morgan fingerprint density at radius 2 is 1.64 bits per heavy atom. The monoisotopic (exact) mass is 499 g/mol. The van der Waals surface area contributed by atoms with E-state index >= 15 is 0 Å². The number of carbonyl (C=O) groups excluding carboxylic acids is 2. The Morgan fingerprint density at radius 1 is 0.972 bits per heavy atom. The van der Waals surface area contributed by atoms with E-state index in [0.717, 1.165) is 0 Å². The number of phenols is 2. The van der Waals surface area contributed by atoms with Gasteiger partial charge in [0.15, 0.2) is 12.1 Å². The summed E-state index contributed by atoms with van der Waals surface area (Å²) in [4.78, 5) is 27.0. The quantitative estimate of drug-likeness (QED) is 0.334. The van der Waals surface area contributed by atoms with E-state index in [9.17, 15) is 30.0 Å². The summed E-state index contributed by atoms with van der Waals surface area (Å²) in [5, 5.41) is 43.6. The number of carbonyl (C=O) groups is 2. The number of aliphatic hydroxyl groups is 2. The zero-order valence-electron chi connectivity index (χ0n) is 20.1. The van der Waals surface area contributed by atoms with Gasteiger partial charge in [0.25, 0.3) is 0 Å². The third kappa shape index (κ3) is 3.52. The molecule has 10 heteroatoms. The second kappa shape index (κ2) is 8.82. The molecule has 5 rings (SSSR count). The van der Waals surface area contributed by atoms with Gasteiger partial charge in [-0.1, -0.05) is 19.1 Å². The van der Waals surface area contributed by atoms with Gasteiger partial charge in [0.1, 0.15) is 17.2 Å². The highest BCUT2D eigenvalue weighted by atomic mass is 16.7. The molecule has 6 N–H and O–H groups in total. The summed E-state index contributed by atoms with van der Waals surface area (Å²) in [7, 11) is 1.37. The highest BCUT2D eigenvalue weighted by Crippen LogP contribution is 2.53. The molecule has 1 aliphatic heterocycles. The molecule has 1 heterocycles. The van der Waals surface area contributed by atoms with Gasteiger partial charge >= 0.3 is 0 Å². The molecular weight excluding hydrogens is 470 g/mol. The van der Waals surface area contributed by atoms with Crippen LogP contribution in [0.5, 0.6) is 17.2 Å². The largest absolute Gasteiger partial charge is 0.507 e. The van der Waals surface area contributed by atoms with Gasteiger partial charge in [-0.15, -0.1) is 0 Å². The second-order valence-electron chi connectivity index (χ2n) is 9.69. The van der Waals surface area contributed by atoms with Crippen molar-refractivity contribution in [1.82, 2.24) is 0 Å². The van der Waals surface area contributed by atoms with Crippen LogP contribution < -0.4 is 10.5 Å². The predicted octanol–water partition coefficient (Wildman–Crippen LogP) is 1.63. The molecule has 2 aliphatic carbocycles. The van der Waals surface area contributed by atoms with Crippen molar-refractivity contribution >= 4 is 11.6 Å². The normalized spacial score (nSPS) is 31.4. The van der Waals surface area contributed by atoms with E-state index in [-0.39, 0.29) is 52.0 Å². The Morgan fingerprint density at radius 3 is 2.31 bits per heavy atom. The molecule has 36 heavy (non-hydrogen) atoms. The van der Waals surface area contributed by atoms with Crippen LogP contribution in [0.4, 0.5) is 0 Å². The topological polar surface area (TPSA) is 169 Å². The van der Waals surface area contributed by atoms with E-state index in [1.807, 2.05) is 0 Å². The predicted molar refractivity (Wildman–Crippen MR) is 125 cm³/mol. The molecule has 10 nitrogen and oxygen atoms in total. The fourth-order valence-corrected chi connectivity index (χ4v) is 5.59. The number of methoxy groups -OCH3 is 1. The lowest BCUT2D eigenvalue weighted by molar-refractivity contribution is -0.244. The van der Waals surface area contributed by atoms with E-state index in [2.05, 4.69) is 0 Å². The molecule has 0 spiro atoms. The molecule has 2 aromatic rings. The zero-order valence-corrected chi connectivity index (χ0v) is 20.1. The smallest absolute Gasteiger partial charge is 0.202 e. The molecular formula is C26H29NO9. The molecule has 4 unspecified atom stereocenters. The van der Waals surface area contributed by atoms with Crippen molar-refractivity contribution in [3.05, 3.63) is 51.6 Å². The number of ketones is 2. The first-order valence-electron chi connectivity index (χ1n) is 11.9. The Labute approximate surface area is 207 Å². The van der Waals surface area contributed by atoms with Gasteiger partial charge in [-0.05, 0) is 13.0 Å². The summed E-state index contributed by atoms with van der Waals surface area (Å²) in [6, 6.07) is 3.94. The first-order valence-corrected chi connectivity index (χ1v) is 11.9. The lowest BCUT2D eigenvalue weighted by atomic mass is 9.73. The number of phenolic OH excluding ortho intramolecular Hbond substituents is 2. The molecule has 1 fully saturated rings. The Hall–Kier alpha value is -3.02. The van der Waals surface area contributed by atoms with Crippen molar-refractivity contribution in [1.29, 1.82) is 0 Å². The molecule has 7 atom stereocenters. The van der Waals surface area contributed by atoms with Gasteiger partial charge < -0.3 is 40.4 Å². The zero-order chi connectivity index (χ0) is 26.0. The number of hydrogen-bond acceptors (Lipinski definition) is 10. The van der Waals surface area contributed by atoms with Crippen molar-refractivity contribution < 1.29 is 44.2 Å². The minimum atomic E-state index is -0.982. The first-order chi connectivity index (χ1) is 17.1. The maximum absolute atomic E-state index is 13.6. The average Bonchev–Trinajstić information content (AvgIpc) is 2.84. The SMILES string of the molecule is COc1cccc2c1C(=O)c1c(O)c3c(c(O)c1C2=O)[C@@H](C)[C@@H](O)C[C@@H]3OC1CC(N)C(O)C(C)O1. The summed E-state index contributed by atoms with van der Waals surface area (Å²) in [6.45, 7) is 3.31. The minimum absolute atomic E-state index is 0.00193.